The lowest BCUT2D eigenvalue weighted by Crippen LogP contribution is -2.55. The molecule has 2 aromatic rings. The molecule has 5 heteroatoms. The van der Waals surface area contributed by atoms with Gasteiger partial charge in [-0.1, -0.05) is 55.5 Å². The molecule has 2 aromatic carbocycles. The van der Waals surface area contributed by atoms with E-state index >= 15 is 0 Å². The number of nitrogens with zero attached hydrogens (tertiary/aromatic N) is 4. The highest BCUT2D eigenvalue weighted by molar-refractivity contribution is 5.74. The minimum absolute atomic E-state index is 0.508. The highest BCUT2D eigenvalue weighted by Gasteiger charge is 2.29. The Hall–Kier alpha value is -2.05. The molecule has 0 spiro atoms. The van der Waals surface area contributed by atoms with Gasteiger partial charge < -0.3 is 4.90 Å². The predicted octanol–water partition coefficient (Wildman–Crippen LogP) is 3.73. The highest BCUT2D eigenvalue weighted by atomic mass is 16.1. The molecule has 33 heavy (non-hydrogen) atoms. The van der Waals surface area contributed by atoms with Gasteiger partial charge in [-0.15, -0.1) is 0 Å². The largest absolute Gasteiger partial charge is 0.301 e. The Labute approximate surface area is 200 Å². The van der Waals surface area contributed by atoms with Crippen LogP contribution in [0.25, 0.3) is 0 Å². The Morgan fingerprint density at radius 1 is 0.758 bits per heavy atom. The molecule has 0 amide bonds. The van der Waals surface area contributed by atoms with Gasteiger partial charge in [-0.05, 0) is 37.1 Å². The summed E-state index contributed by atoms with van der Waals surface area (Å²) in [4.78, 5) is 21.2. The second-order valence-electron chi connectivity index (χ2n) is 9.95. The smallest absolute Gasteiger partial charge is 0.150 e. The summed E-state index contributed by atoms with van der Waals surface area (Å²) < 4.78 is 0. The molecule has 2 aliphatic heterocycles. The Kier molecular flexibility index (Phi) is 8.31. The number of rotatable bonds is 8. The Morgan fingerprint density at radius 2 is 1.33 bits per heavy atom. The van der Waals surface area contributed by atoms with Gasteiger partial charge in [0.15, 0.2) is 0 Å². The first-order chi connectivity index (χ1) is 16.0. The van der Waals surface area contributed by atoms with E-state index in [9.17, 15) is 4.79 Å². The van der Waals surface area contributed by atoms with Gasteiger partial charge in [-0.2, -0.15) is 0 Å². The van der Waals surface area contributed by atoms with Gasteiger partial charge in [0, 0.05) is 76.5 Å². The van der Waals surface area contributed by atoms with Crippen molar-refractivity contribution in [2.45, 2.75) is 52.5 Å². The fourth-order valence-corrected chi connectivity index (χ4v) is 5.43. The lowest BCUT2D eigenvalue weighted by Gasteiger charge is -2.44. The van der Waals surface area contributed by atoms with Crippen molar-refractivity contribution in [2.75, 3.05) is 45.8 Å². The van der Waals surface area contributed by atoms with Crippen LogP contribution in [0.5, 0.6) is 0 Å². The number of carbonyl (C=O) groups excluding carboxylic acids is 1. The van der Waals surface area contributed by atoms with Crippen molar-refractivity contribution < 1.29 is 4.79 Å². The van der Waals surface area contributed by atoms with E-state index in [2.05, 4.69) is 76.8 Å². The fraction of sp³-hybridized carbons (Fsp3) is 0.536. The number of carbonyl (C=O) groups is 1. The van der Waals surface area contributed by atoms with Crippen LogP contribution in [-0.2, 0) is 19.6 Å². The predicted molar refractivity (Wildman–Crippen MR) is 135 cm³/mol. The van der Waals surface area contributed by atoms with Crippen molar-refractivity contribution in [3.05, 3.63) is 70.8 Å². The Bertz CT molecular complexity index is 879. The normalized spacial score (nSPS) is 23.6. The van der Waals surface area contributed by atoms with Crippen molar-refractivity contribution in [1.82, 2.24) is 19.6 Å². The third kappa shape index (κ3) is 6.51. The SMILES string of the molecule is CCN1CCN(Cc2cccc(CN3C(C)CN(Cc4ccc(C=O)cc4)CC3C)c2)CC1. The van der Waals surface area contributed by atoms with Crippen molar-refractivity contribution >= 4 is 6.29 Å². The third-order valence-corrected chi connectivity index (χ3v) is 7.37. The summed E-state index contributed by atoms with van der Waals surface area (Å²) >= 11 is 0. The molecule has 0 aromatic heterocycles. The van der Waals surface area contributed by atoms with E-state index < -0.39 is 0 Å². The van der Waals surface area contributed by atoms with Crippen molar-refractivity contribution in [2.24, 2.45) is 0 Å². The Balaban J connectivity index is 1.31. The van der Waals surface area contributed by atoms with Gasteiger partial charge in [-0.3, -0.25) is 19.5 Å². The van der Waals surface area contributed by atoms with Crippen LogP contribution in [0.4, 0.5) is 0 Å². The van der Waals surface area contributed by atoms with E-state index in [1.54, 1.807) is 0 Å². The summed E-state index contributed by atoms with van der Waals surface area (Å²) in [6, 6.07) is 18.3. The zero-order valence-electron chi connectivity index (χ0n) is 20.6. The quantitative estimate of drug-likeness (QED) is 0.574. The van der Waals surface area contributed by atoms with E-state index in [4.69, 9.17) is 0 Å². The molecule has 178 valence electrons. The molecule has 4 rings (SSSR count). The molecule has 0 saturated carbocycles. The summed E-state index contributed by atoms with van der Waals surface area (Å²) in [5.74, 6) is 0. The molecular weight excluding hydrogens is 408 g/mol. The van der Waals surface area contributed by atoms with Gasteiger partial charge in [-0.25, -0.2) is 0 Å². The van der Waals surface area contributed by atoms with Crippen LogP contribution in [0.2, 0.25) is 0 Å². The summed E-state index contributed by atoms with van der Waals surface area (Å²) in [5.41, 5.74) is 4.89. The topological polar surface area (TPSA) is 30.0 Å². The third-order valence-electron chi connectivity index (χ3n) is 7.37. The van der Waals surface area contributed by atoms with E-state index in [0.717, 1.165) is 44.6 Å². The van der Waals surface area contributed by atoms with Crippen LogP contribution in [0.1, 0.15) is 47.8 Å². The van der Waals surface area contributed by atoms with Gasteiger partial charge in [0.25, 0.3) is 0 Å². The minimum atomic E-state index is 0.508. The molecule has 2 saturated heterocycles. The monoisotopic (exact) mass is 448 g/mol. The van der Waals surface area contributed by atoms with E-state index in [1.807, 2.05) is 12.1 Å². The molecular formula is C28H40N4O. The first-order valence-corrected chi connectivity index (χ1v) is 12.6. The summed E-state index contributed by atoms with van der Waals surface area (Å²) in [6.45, 7) is 18.0. The molecule has 5 nitrogen and oxygen atoms in total. The maximum Gasteiger partial charge on any atom is 0.150 e. The van der Waals surface area contributed by atoms with Crippen LogP contribution in [0.15, 0.2) is 48.5 Å². The molecule has 2 fully saturated rings. The number of piperazine rings is 2. The van der Waals surface area contributed by atoms with Crippen LogP contribution in [-0.4, -0.2) is 83.8 Å². The number of aldehydes is 1. The maximum atomic E-state index is 10.9. The summed E-state index contributed by atoms with van der Waals surface area (Å²) in [5, 5.41) is 0. The van der Waals surface area contributed by atoms with Gasteiger partial charge in [0.05, 0.1) is 0 Å². The Morgan fingerprint density at radius 3 is 1.94 bits per heavy atom. The fourth-order valence-electron chi connectivity index (χ4n) is 5.43. The lowest BCUT2D eigenvalue weighted by atomic mass is 10.0. The van der Waals surface area contributed by atoms with E-state index in [1.165, 1.54) is 49.4 Å². The number of hydrogen-bond acceptors (Lipinski definition) is 5. The van der Waals surface area contributed by atoms with Crippen molar-refractivity contribution in [1.29, 1.82) is 0 Å². The molecule has 0 N–H and O–H groups in total. The standard InChI is InChI=1S/C28H40N4O/c1-4-29-12-14-30(15-13-29)20-27-6-5-7-28(16-27)21-32-23(2)17-31(18-24(32)3)19-25-8-10-26(22-33)11-9-25/h5-11,16,22-24H,4,12-15,17-21H2,1-3H3. The van der Waals surface area contributed by atoms with Crippen molar-refractivity contribution in [3.8, 4) is 0 Å². The molecule has 0 aliphatic carbocycles. The maximum absolute atomic E-state index is 10.9. The second-order valence-corrected chi connectivity index (χ2v) is 9.95. The molecule has 0 radical (unpaired) electrons. The van der Waals surface area contributed by atoms with Crippen LogP contribution in [0, 0.1) is 0 Å². The average molecular weight is 449 g/mol. The zero-order valence-corrected chi connectivity index (χ0v) is 20.6. The first-order valence-electron chi connectivity index (χ1n) is 12.6. The van der Waals surface area contributed by atoms with Crippen LogP contribution in [0.3, 0.4) is 0 Å². The highest BCUT2D eigenvalue weighted by Crippen LogP contribution is 2.22. The first kappa shape index (κ1) is 24.1. The minimum Gasteiger partial charge on any atom is -0.301 e. The van der Waals surface area contributed by atoms with E-state index in [-0.39, 0.29) is 0 Å². The van der Waals surface area contributed by atoms with Crippen LogP contribution < -0.4 is 0 Å². The van der Waals surface area contributed by atoms with Gasteiger partial charge in [0.1, 0.15) is 6.29 Å². The molecule has 2 unspecified atom stereocenters. The van der Waals surface area contributed by atoms with E-state index in [0.29, 0.717) is 12.1 Å². The lowest BCUT2D eigenvalue weighted by molar-refractivity contribution is 0.0290. The average Bonchev–Trinajstić information content (AvgIpc) is 2.83. The van der Waals surface area contributed by atoms with Crippen LogP contribution >= 0.6 is 0 Å². The number of hydrogen-bond donors (Lipinski definition) is 0. The zero-order chi connectivity index (χ0) is 23.2. The molecule has 2 atom stereocenters. The summed E-state index contributed by atoms with van der Waals surface area (Å²) in [7, 11) is 0. The van der Waals surface area contributed by atoms with Gasteiger partial charge >= 0.3 is 0 Å². The van der Waals surface area contributed by atoms with Crippen molar-refractivity contribution in [3.63, 3.8) is 0 Å². The second kappa shape index (κ2) is 11.4. The number of benzene rings is 2. The summed E-state index contributed by atoms with van der Waals surface area (Å²) in [6.07, 6.45) is 0.911. The van der Waals surface area contributed by atoms with Gasteiger partial charge in [0.2, 0.25) is 0 Å². The molecule has 2 aliphatic rings. The molecule has 0 bridgehead atoms. The number of likely N-dealkylation sites (N-methyl/N-ethyl adjacent to an activating group) is 1. The molecule has 2 heterocycles.